The van der Waals surface area contributed by atoms with Crippen LogP contribution in [0, 0.1) is 22.9 Å². The molecule has 4 rings (SSSR count). The first kappa shape index (κ1) is 23.4. The number of hydrogen-bond acceptors (Lipinski definition) is 5. The summed E-state index contributed by atoms with van der Waals surface area (Å²) >= 11 is 0. The highest BCUT2D eigenvalue weighted by molar-refractivity contribution is 6.05. The van der Waals surface area contributed by atoms with E-state index < -0.39 is 22.3 Å². The number of benzene rings is 2. The van der Waals surface area contributed by atoms with Crippen LogP contribution in [-0.2, 0) is 0 Å². The summed E-state index contributed by atoms with van der Waals surface area (Å²) in [5.41, 5.74) is 2.62. The van der Waals surface area contributed by atoms with Crippen molar-refractivity contribution >= 4 is 29.7 Å². The van der Waals surface area contributed by atoms with E-state index in [4.69, 9.17) is 0 Å². The zero-order valence-electron chi connectivity index (χ0n) is 17.4. The normalized spacial score (nSPS) is 13.9. The topological polar surface area (TPSA) is 102 Å². The molecule has 0 atom stereocenters. The number of aromatic nitrogens is 2. The first-order chi connectivity index (χ1) is 14.9. The molecule has 8 nitrogen and oxygen atoms in total. The highest BCUT2D eigenvalue weighted by Crippen LogP contribution is 2.31. The van der Waals surface area contributed by atoms with Gasteiger partial charge in [0, 0.05) is 17.7 Å². The van der Waals surface area contributed by atoms with Crippen molar-refractivity contribution in [1.82, 2.24) is 15.1 Å². The lowest BCUT2D eigenvalue weighted by molar-refractivity contribution is -0.387. The largest absolute Gasteiger partial charge is 0.322 e. The number of aryl methyl sites for hydroxylation is 1. The molecule has 0 aliphatic carbocycles. The highest BCUT2D eigenvalue weighted by atomic mass is 35.5. The van der Waals surface area contributed by atoms with Crippen LogP contribution < -0.4 is 10.6 Å². The van der Waals surface area contributed by atoms with Crippen molar-refractivity contribution in [2.75, 3.05) is 18.4 Å². The van der Waals surface area contributed by atoms with E-state index >= 15 is 0 Å². The molecule has 1 amide bonds. The van der Waals surface area contributed by atoms with Crippen molar-refractivity contribution < 1.29 is 14.1 Å². The third kappa shape index (κ3) is 4.79. The van der Waals surface area contributed by atoms with E-state index in [0.29, 0.717) is 5.56 Å². The number of carbonyl (C=O) groups is 1. The van der Waals surface area contributed by atoms with Crippen LogP contribution in [0.15, 0.2) is 48.7 Å². The number of piperidine rings is 1. The van der Waals surface area contributed by atoms with Gasteiger partial charge in [0.1, 0.15) is 0 Å². The highest BCUT2D eigenvalue weighted by Gasteiger charge is 2.27. The van der Waals surface area contributed by atoms with Gasteiger partial charge in [0.2, 0.25) is 5.82 Å². The predicted octanol–water partition coefficient (Wildman–Crippen LogP) is 4.37. The van der Waals surface area contributed by atoms with Crippen molar-refractivity contribution in [3.05, 3.63) is 81.4 Å². The average Bonchev–Trinajstić information content (AvgIpc) is 3.21. The van der Waals surface area contributed by atoms with Gasteiger partial charge in [-0.2, -0.15) is 9.49 Å². The summed E-state index contributed by atoms with van der Waals surface area (Å²) in [5, 5.41) is 21.5. The molecule has 168 valence electrons. The van der Waals surface area contributed by atoms with E-state index in [2.05, 4.69) is 15.7 Å². The molecule has 1 aromatic heterocycles. The van der Waals surface area contributed by atoms with Gasteiger partial charge in [-0.1, -0.05) is 12.1 Å². The Labute approximate surface area is 190 Å². The maximum absolute atomic E-state index is 13.6. The Balaban J connectivity index is 0.00000289. The van der Waals surface area contributed by atoms with Crippen LogP contribution in [0.5, 0.6) is 0 Å². The molecule has 0 spiro atoms. The van der Waals surface area contributed by atoms with Gasteiger partial charge < -0.3 is 10.6 Å². The van der Waals surface area contributed by atoms with Gasteiger partial charge in [0.05, 0.1) is 28.1 Å². The zero-order valence-corrected chi connectivity index (χ0v) is 18.2. The minimum Gasteiger partial charge on any atom is -0.322 e. The number of nitro groups is 1. The first-order valence-electron chi connectivity index (χ1n) is 10.0. The van der Waals surface area contributed by atoms with E-state index in [1.54, 1.807) is 4.68 Å². The first-order valence-corrected chi connectivity index (χ1v) is 10.0. The number of carbonyl (C=O) groups excluding carboxylic acids is 1. The second-order valence-corrected chi connectivity index (χ2v) is 7.60. The van der Waals surface area contributed by atoms with Crippen LogP contribution >= 0.6 is 12.4 Å². The molecule has 1 saturated heterocycles. The van der Waals surface area contributed by atoms with Crippen LogP contribution in [-0.4, -0.2) is 33.7 Å². The Hall–Kier alpha value is -3.30. The molecule has 1 fully saturated rings. The number of amides is 1. The number of rotatable bonds is 5. The van der Waals surface area contributed by atoms with Crippen molar-refractivity contribution in [2.45, 2.75) is 25.7 Å². The fourth-order valence-corrected chi connectivity index (χ4v) is 3.92. The third-order valence-electron chi connectivity index (χ3n) is 5.42. The lowest BCUT2D eigenvalue weighted by Gasteiger charge is -2.24. The molecular weight excluding hydrogens is 437 g/mol. The number of hydrogen-bond donors (Lipinski definition) is 2. The Morgan fingerprint density at radius 3 is 2.69 bits per heavy atom. The molecular formula is C22H23ClFN5O3. The smallest absolute Gasteiger partial charge is 0.306 e. The quantitative estimate of drug-likeness (QED) is 0.435. The Morgan fingerprint density at radius 2 is 2.00 bits per heavy atom. The molecule has 0 radical (unpaired) electrons. The van der Waals surface area contributed by atoms with Crippen molar-refractivity contribution in [2.24, 2.45) is 0 Å². The van der Waals surface area contributed by atoms with Crippen LogP contribution in [0.4, 0.5) is 15.8 Å². The van der Waals surface area contributed by atoms with Crippen LogP contribution in [0.1, 0.15) is 40.4 Å². The summed E-state index contributed by atoms with van der Waals surface area (Å²) in [6.45, 7) is 3.68. The fraction of sp³-hybridized carbons (Fsp3) is 0.273. The molecule has 1 aliphatic rings. The van der Waals surface area contributed by atoms with Crippen LogP contribution in [0.2, 0.25) is 0 Å². The van der Waals surface area contributed by atoms with E-state index in [1.807, 2.05) is 31.2 Å². The minimum absolute atomic E-state index is 0. The Morgan fingerprint density at radius 1 is 1.25 bits per heavy atom. The average molecular weight is 460 g/mol. The van der Waals surface area contributed by atoms with Crippen molar-refractivity contribution in [3.63, 3.8) is 0 Å². The van der Waals surface area contributed by atoms with Crippen LogP contribution in [0.3, 0.4) is 0 Å². The van der Waals surface area contributed by atoms with Crippen LogP contribution in [0.25, 0.3) is 5.69 Å². The monoisotopic (exact) mass is 459 g/mol. The standard InChI is InChI=1S/C22H22FN5O3.ClH/c1-14-3-2-4-17(11-14)27-21(15-7-9-24-10-8-15)18(13-25-27)22(29)26-16-5-6-19(23)20(12-16)28(30)31;/h2-6,11-13,15,24H,7-10H2,1H3,(H,26,29);1H. The Bertz CT molecular complexity index is 1140. The lowest BCUT2D eigenvalue weighted by atomic mass is 9.91. The molecule has 0 unspecified atom stereocenters. The zero-order chi connectivity index (χ0) is 22.0. The molecule has 0 saturated carbocycles. The summed E-state index contributed by atoms with van der Waals surface area (Å²) in [6.07, 6.45) is 3.24. The molecule has 0 bridgehead atoms. The van der Waals surface area contributed by atoms with Gasteiger partial charge in [-0.05, 0) is 62.7 Å². The van der Waals surface area contributed by atoms with Gasteiger partial charge in [0.25, 0.3) is 5.91 Å². The molecule has 2 N–H and O–H groups in total. The third-order valence-corrected chi connectivity index (χ3v) is 5.42. The van der Waals surface area contributed by atoms with Gasteiger partial charge in [-0.25, -0.2) is 4.68 Å². The maximum Gasteiger partial charge on any atom is 0.306 e. The van der Waals surface area contributed by atoms with E-state index in [9.17, 15) is 19.3 Å². The predicted molar refractivity (Wildman–Crippen MR) is 121 cm³/mol. The number of nitrogens with zero attached hydrogens (tertiary/aromatic N) is 3. The number of halogens is 2. The molecule has 3 aromatic rings. The lowest BCUT2D eigenvalue weighted by Crippen LogP contribution is -2.29. The molecule has 1 aliphatic heterocycles. The molecule has 2 aromatic carbocycles. The maximum atomic E-state index is 13.6. The van der Waals surface area contributed by atoms with E-state index in [-0.39, 0.29) is 24.0 Å². The summed E-state index contributed by atoms with van der Waals surface area (Å²) in [7, 11) is 0. The number of anilines is 1. The Kier molecular flexibility index (Phi) is 7.22. The van der Waals surface area contributed by atoms with Gasteiger partial charge >= 0.3 is 5.69 Å². The van der Waals surface area contributed by atoms with Gasteiger partial charge in [-0.15, -0.1) is 12.4 Å². The van der Waals surface area contributed by atoms with E-state index in [0.717, 1.165) is 55.0 Å². The molecule has 32 heavy (non-hydrogen) atoms. The van der Waals surface area contributed by atoms with E-state index in [1.165, 1.54) is 12.3 Å². The molecule has 2 heterocycles. The number of nitrogens with one attached hydrogen (secondary N) is 2. The second-order valence-electron chi connectivity index (χ2n) is 7.60. The summed E-state index contributed by atoms with van der Waals surface area (Å²) in [4.78, 5) is 23.3. The number of nitro benzene ring substituents is 1. The SMILES string of the molecule is Cc1cccc(-n2ncc(C(=O)Nc3ccc(F)c([N+](=O)[O-])c3)c2C2CCNCC2)c1.Cl. The molecule has 10 heteroatoms. The minimum atomic E-state index is -0.953. The summed E-state index contributed by atoms with van der Waals surface area (Å²) in [6, 6.07) is 11.2. The van der Waals surface area contributed by atoms with Gasteiger partial charge in [0.15, 0.2) is 0 Å². The second kappa shape index (κ2) is 9.88. The van der Waals surface area contributed by atoms with Gasteiger partial charge in [-0.3, -0.25) is 14.9 Å². The summed E-state index contributed by atoms with van der Waals surface area (Å²) in [5.74, 6) is -1.26. The van der Waals surface area contributed by atoms with Crippen molar-refractivity contribution in [3.8, 4) is 5.69 Å². The fourth-order valence-electron chi connectivity index (χ4n) is 3.92. The summed E-state index contributed by atoms with van der Waals surface area (Å²) < 4.78 is 15.4. The van der Waals surface area contributed by atoms with Crippen molar-refractivity contribution in [1.29, 1.82) is 0 Å².